The van der Waals surface area contributed by atoms with Crippen molar-refractivity contribution in [2.24, 2.45) is 5.73 Å². The van der Waals surface area contributed by atoms with Crippen LogP contribution in [0.2, 0.25) is 0 Å². The second-order valence-corrected chi connectivity index (χ2v) is 4.22. The van der Waals surface area contributed by atoms with Gasteiger partial charge in [0.25, 0.3) is 0 Å². The van der Waals surface area contributed by atoms with Gasteiger partial charge in [0.1, 0.15) is 6.54 Å². The van der Waals surface area contributed by atoms with Gasteiger partial charge in [0.05, 0.1) is 11.9 Å². The second kappa shape index (κ2) is 6.05. The highest BCUT2D eigenvalue weighted by Gasteiger charge is 2.11. The van der Waals surface area contributed by atoms with Gasteiger partial charge in [0.15, 0.2) is 0 Å². The SMILES string of the molecule is CN(Cc1cccnc1)C(=O)Cn1cc(CN)nn1. The van der Waals surface area contributed by atoms with E-state index >= 15 is 0 Å². The zero-order valence-corrected chi connectivity index (χ0v) is 10.7. The summed E-state index contributed by atoms with van der Waals surface area (Å²) in [5, 5.41) is 7.68. The Labute approximate surface area is 111 Å². The fraction of sp³-hybridized carbons (Fsp3) is 0.333. The molecule has 2 aromatic heterocycles. The van der Waals surface area contributed by atoms with Crippen LogP contribution in [0.15, 0.2) is 30.7 Å². The Hall–Kier alpha value is -2.28. The second-order valence-electron chi connectivity index (χ2n) is 4.22. The molecule has 0 aromatic carbocycles. The summed E-state index contributed by atoms with van der Waals surface area (Å²) >= 11 is 0. The van der Waals surface area contributed by atoms with Crippen LogP contribution >= 0.6 is 0 Å². The van der Waals surface area contributed by atoms with Crippen LogP contribution in [-0.4, -0.2) is 37.8 Å². The number of carbonyl (C=O) groups excluding carboxylic acids is 1. The molecule has 1 amide bonds. The van der Waals surface area contributed by atoms with Crippen LogP contribution in [0.5, 0.6) is 0 Å². The molecule has 0 unspecified atom stereocenters. The van der Waals surface area contributed by atoms with E-state index in [1.165, 1.54) is 4.68 Å². The minimum Gasteiger partial charge on any atom is -0.340 e. The molecule has 0 radical (unpaired) electrons. The predicted octanol–water partition coefficient (Wildman–Crippen LogP) is -0.210. The normalized spacial score (nSPS) is 10.4. The number of hydrogen-bond donors (Lipinski definition) is 1. The van der Waals surface area contributed by atoms with Gasteiger partial charge in [0, 0.05) is 32.5 Å². The van der Waals surface area contributed by atoms with Crippen molar-refractivity contribution in [1.82, 2.24) is 24.9 Å². The van der Waals surface area contributed by atoms with E-state index in [-0.39, 0.29) is 12.5 Å². The molecule has 2 heterocycles. The summed E-state index contributed by atoms with van der Waals surface area (Å²) in [5.41, 5.74) is 7.09. The molecule has 7 nitrogen and oxygen atoms in total. The number of carbonyl (C=O) groups is 1. The number of amides is 1. The van der Waals surface area contributed by atoms with E-state index in [4.69, 9.17) is 5.73 Å². The summed E-state index contributed by atoms with van der Waals surface area (Å²) in [6, 6.07) is 3.78. The standard InChI is InChI=1S/C12H16N6O/c1-17(7-10-3-2-4-14-6-10)12(19)9-18-8-11(5-13)15-16-18/h2-4,6,8H,5,7,9,13H2,1H3. The van der Waals surface area contributed by atoms with Crippen molar-refractivity contribution in [1.29, 1.82) is 0 Å². The minimum atomic E-state index is -0.0441. The first-order valence-electron chi connectivity index (χ1n) is 5.91. The van der Waals surface area contributed by atoms with Gasteiger partial charge in [-0.15, -0.1) is 5.10 Å². The molecule has 2 rings (SSSR count). The van der Waals surface area contributed by atoms with Crippen molar-refractivity contribution in [2.75, 3.05) is 7.05 Å². The summed E-state index contributed by atoms with van der Waals surface area (Å²) in [7, 11) is 1.75. The number of pyridine rings is 1. The average molecular weight is 260 g/mol. The van der Waals surface area contributed by atoms with Crippen LogP contribution in [0.25, 0.3) is 0 Å². The maximum Gasteiger partial charge on any atom is 0.244 e. The number of rotatable bonds is 5. The van der Waals surface area contributed by atoms with E-state index in [2.05, 4.69) is 15.3 Å². The average Bonchev–Trinajstić information content (AvgIpc) is 2.87. The Kier molecular flexibility index (Phi) is 4.19. The molecule has 2 N–H and O–H groups in total. The van der Waals surface area contributed by atoms with Crippen LogP contribution in [0, 0.1) is 0 Å². The van der Waals surface area contributed by atoms with Gasteiger partial charge in [0.2, 0.25) is 5.91 Å². The van der Waals surface area contributed by atoms with E-state index in [1.54, 1.807) is 30.5 Å². The van der Waals surface area contributed by atoms with Crippen molar-refractivity contribution >= 4 is 5.91 Å². The van der Waals surface area contributed by atoms with Gasteiger partial charge >= 0.3 is 0 Å². The first-order chi connectivity index (χ1) is 9.19. The lowest BCUT2D eigenvalue weighted by molar-refractivity contribution is -0.131. The molecular weight excluding hydrogens is 244 g/mol. The highest BCUT2D eigenvalue weighted by Crippen LogP contribution is 2.02. The topological polar surface area (TPSA) is 89.9 Å². The number of nitrogens with zero attached hydrogens (tertiary/aromatic N) is 5. The van der Waals surface area contributed by atoms with E-state index in [0.29, 0.717) is 18.8 Å². The van der Waals surface area contributed by atoms with Crippen molar-refractivity contribution in [3.05, 3.63) is 42.0 Å². The van der Waals surface area contributed by atoms with Gasteiger partial charge in [-0.2, -0.15) is 0 Å². The summed E-state index contributed by atoms with van der Waals surface area (Å²) in [5.74, 6) is -0.0441. The highest BCUT2D eigenvalue weighted by atomic mass is 16.2. The molecule has 0 spiro atoms. The van der Waals surface area contributed by atoms with Crippen molar-refractivity contribution in [3.8, 4) is 0 Å². The van der Waals surface area contributed by atoms with E-state index in [9.17, 15) is 4.79 Å². The fourth-order valence-corrected chi connectivity index (χ4v) is 1.62. The molecule has 2 aromatic rings. The first kappa shape index (κ1) is 13.2. The van der Waals surface area contributed by atoms with E-state index in [0.717, 1.165) is 5.56 Å². The fourth-order valence-electron chi connectivity index (χ4n) is 1.62. The van der Waals surface area contributed by atoms with Crippen molar-refractivity contribution < 1.29 is 4.79 Å². The lowest BCUT2D eigenvalue weighted by Crippen LogP contribution is -2.30. The molecule has 0 aliphatic rings. The largest absolute Gasteiger partial charge is 0.340 e. The predicted molar refractivity (Wildman–Crippen MR) is 68.6 cm³/mol. The van der Waals surface area contributed by atoms with Gasteiger partial charge < -0.3 is 10.6 Å². The first-order valence-corrected chi connectivity index (χ1v) is 5.91. The molecule has 100 valence electrons. The number of hydrogen-bond acceptors (Lipinski definition) is 5. The molecule has 7 heteroatoms. The number of nitrogens with two attached hydrogens (primary N) is 1. The third-order valence-electron chi connectivity index (χ3n) is 2.66. The van der Waals surface area contributed by atoms with Crippen LogP contribution in [0.1, 0.15) is 11.3 Å². The van der Waals surface area contributed by atoms with Gasteiger partial charge in [-0.05, 0) is 11.6 Å². The van der Waals surface area contributed by atoms with Crippen LogP contribution < -0.4 is 5.73 Å². The molecule has 19 heavy (non-hydrogen) atoms. The Balaban J connectivity index is 1.92. The summed E-state index contributed by atoms with van der Waals surface area (Å²) in [6.07, 6.45) is 5.12. The summed E-state index contributed by atoms with van der Waals surface area (Å²) in [4.78, 5) is 17.6. The Morgan fingerprint density at radius 2 is 2.37 bits per heavy atom. The maximum atomic E-state index is 12.0. The molecule has 0 aliphatic carbocycles. The Bertz CT molecular complexity index is 538. The molecular formula is C12H16N6O. The van der Waals surface area contributed by atoms with Crippen LogP contribution in [-0.2, 0) is 24.4 Å². The van der Waals surface area contributed by atoms with Crippen molar-refractivity contribution in [2.45, 2.75) is 19.6 Å². The quantitative estimate of drug-likeness (QED) is 0.803. The smallest absolute Gasteiger partial charge is 0.244 e. The minimum absolute atomic E-state index is 0.0441. The van der Waals surface area contributed by atoms with Gasteiger partial charge in [-0.25, -0.2) is 4.68 Å². The Morgan fingerprint density at radius 1 is 1.53 bits per heavy atom. The zero-order chi connectivity index (χ0) is 13.7. The summed E-state index contributed by atoms with van der Waals surface area (Å²) in [6.45, 7) is 0.995. The lowest BCUT2D eigenvalue weighted by Gasteiger charge is -2.16. The van der Waals surface area contributed by atoms with Crippen LogP contribution in [0.4, 0.5) is 0 Å². The lowest BCUT2D eigenvalue weighted by atomic mass is 10.2. The molecule has 0 fully saturated rings. The number of aromatic nitrogens is 4. The Morgan fingerprint density at radius 3 is 3.00 bits per heavy atom. The third kappa shape index (κ3) is 3.59. The highest BCUT2D eigenvalue weighted by molar-refractivity contribution is 5.75. The van der Waals surface area contributed by atoms with Gasteiger partial charge in [-0.1, -0.05) is 11.3 Å². The molecule has 0 aliphatic heterocycles. The molecule has 0 atom stereocenters. The van der Waals surface area contributed by atoms with E-state index in [1.807, 2.05) is 12.1 Å². The number of likely N-dealkylation sites (N-methyl/N-ethyl adjacent to an activating group) is 1. The molecule has 0 bridgehead atoms. The van der Waals surface area contributed by atoms with Gasteiger partial charge in [-0.3, -0.25) is 9.78 Å². The zero-order valence-electron chi connectivity index (χ0n) is 10.7. The monoisotopic (exact) mass is 260 g/mol. The third-order valence-corrected chi connectivity index (χ3v) is 2.66. The molecule has 0 saturated carbocycles. The molecule has 0 saturated heterocycles. The van der Waals surface area contributed by atoms with Crippen molar-refractivity contribution in [3.63, 3.8) is 0 Å². The summed E-state index contributed by atoms with van der Waals surface area (Å²) < 4.78 is 1.49. The van der Waals surface area contributed by atoms with E-state index < -0.39 is 0 Å². The van der Waals surface area contributed by atoms with Crippen LogP contribution in [0.3, 0.4) is 0 Å². The maximum absolute atomic E-state index is 12.0.